The van der Waals surface area contributed by atoms with E-state index in [1.165, 1.54) is 5.56 Å². The van der Waals surface area contributed by atoms with Crippen LogP contribution in [0.25, 0.3) is 9.88 Å². The van der Waals surface area contributed by atoms with Crippen LogP contribution >= 0.6 is 22.7 Å². The lowest BCUT2D eigenvalue weighted by Crippen LogP contribution is -2.32. The average Bonchev–Trinajstić information content (AvgIpc) is 3.31. The van der Waals surface area contributed by atoms with Gasteiger partial charge >= 0.3 is 0 Å². The van der Waals surface area contributed by atoms with E-state index in [0.29, 0.717) is 12.5 Å². The molecule has 1 aromatic carbocycles. The number of nitrogens with one attached hydrogen (secondary N) is 1. The molecule has 0 aliphatic heterocycles. The maximum atomic E-state index is 12.2. The first-order valence-corrected chi connectivity index (χ1v) is 10.4. The van der Waals surface area contributed by atoms with Gasteiger partial charge in [-0.1, -0.05) is 44.2 Å². The van der Waals surface area contributed by atoms with Crippen LogP contribution in [0.4, 0.5) is 0 Å². The van der Waals surface area contributed by atoms with Gasteiger partial charge in [-0.05, 0) is 28.5 Å². The van der Waals surface area contributed by atoms with E-state index in [-0.39, 0.29) is 18.4 Å². The number of hydrogen-bond donors (Lipinski definition) is 2. The standard InChI is InChI=1S/C20H23N3OS2/c1-13(2)14-5-7-15(8-6-14)17(21)11-22-19(24)10-16-12-26-20(23-16)18-4-3-9-25-18/h3-9,12-13,17H,10-11,21H2,1-2H3,(H,22,24). The Balaban J connectivity index is 1.50. The Hall–Kier alpha value is -2.02. The maximum absolute atomic E-state index is 12.2. The Bertz CT molecular complexity index is 838. The van der Waals surface area contributed by atoms with Crippen LogP contribution < -0.4 is 11.1 Å². The number of benzene rings is 1. The van der Waals surface area contributed by atoms with Gasteiger partial charge in [0.15, 0.2) is 0 Å². The fourth-order valence-corrected chi connectivity index (χ4v) is 4.23. The minimum absolute atomic E-state index is 0.0534. The quantitative estimate of drug-likeness (QED) is 0.635. The molecule has 0 spiro atoms. The highest BCUT2D eigenvalue weighted by Crippen LogP contribution is 2.27. The lowest BCUT2D eigenvalue weighted by molar-refractivity contribution is -0.120. The summed E-state index contributed by atoms with van der Waals surface area (Å²) in [5, 5.41) is 7.85. The number of thiophene rings is 1. The van der Waals surface area contributed by atoms with Gasteiger partial charge in [0.05, 0.1) is 17.0 Å². The zero-order valence-corrected chi connectivity index (χ0v) is 16.6. The molecule has 0 aliphatic carbocycles. The van der Waals surface area contributed by atoms with E-state index in [4.69, 9.17) is 5.73 Å². The lowest BCUT2D eigenvalue weighted by Gasteiger charge is -2.14. The van der Waals surface area contributed by atoms with Gasteiger partial charge in [-0.3, -0.25) is 4.79 Å². The number of hydrogen-bond acceptors (Lipinski definition) is 5. The molecule has 1 unspecified atom stereocenters. The molecular formula is C20H23N3OS2. The number of rotatable bonds is 7. The number of nitrogens with two attached hydrogens (primary N) is 1. The smallest absolute Gasteiger partial charge is 0.226 e. The number of amides is 1. The molecule has 0 radical (unpaired) electrons. The first kappa shape index (κ1) is 18.8. The predicted molar refractivity (Wildman–Crippen MR) is 110 cm³/mol. The summed E-state index contributed by atoms with van der Waals surface area (Å²) in [7, 11) is 0. The minimum Gasteiger partial charge on any atom is -0.354 e. The number of thiazole rings is 1. The first-order chi connectivity index (χ1) is 12.5. The monoisotopic (exact) mass is 385 g/mol. The van der Waals surface area contributed by atoms with Crippen molar-refractivity contribution in [2.45, 2.75) is 32.2 Å². The molecule has 0 aliphatic rings. The Kier molecular flexibility index (Phi) is 6.19. The molecule has 2 aromatic heterocycles. The summed E-state index contributed by atoms with van der Waals surface area (Å²) in [6, 6.07) is 12.1. The summed E-state index contributed by atoms with van der Waals surface area (Å²) in [4.78, 5) is 17.9. The molecule has 1 atom stereocenters. The molecule has 0 saturated heterocycles. The van der Waals surface area contributed by atoms with Gasteiger partial charge in [-0.2, -0.15) is 0 Å². The molecule has 4 nitrogen and oxygen atoms in total. The van der Waals surface area contributed by atoms with Gasteiger partial charge in [0.2, 0.25) is 5.91 Å². The van der Waals surface area contributed by atoms with Crippen LogP contribution in [0.3, 0.4) is 0 Å². The minimum atomic E-state index is -0.211. The van der Waals surface area contributed by atoms with Crippen LogP contribution in [-0.2, 0) is 11.2 Å². The van der Waals surface area contributed by atoms with Crippen LogP contribution in [0.2, 0.25) is 0 Å². The molecule has 3 N–H and O–H groups in total. The highest BCUT2D eigenvalue weighted by atomic mass is 32.1. The molecule has 6 heteroatoms. The van der Waals surface area contributed by atoms with E-state index in [1.54, 1.807) is 22.7 Å². The second-order valence-corrected chi connectivity index (χ2v) is 8.34. The van der Waals surface area contributed by atoms with Crippen molar-refractivity contribution in [1.82, 2.24) is 10.3 Å². The molecule has 0 bridgehead atoms. The summed E-state index contributed by atoms with van der Waals surface area (Å²) >= 11 is 3.22. The van der Waals surface area contributed by atoms with Crippen molar-refractivity contribution in [3.8, 4) is 9.88 Å². The molecular weight excluding hydrogens is 362 g/mol. The fourth-order valence-electron chi connectivity index (χ4n) is 2.60. The third-order valence-electron chi connectivity index (χ3n) is 4.18. The van der Waals surface area contributed by atoms with Gasteiger partial charge in [0, 0.05) is 18.0 Å². The summed E-state index contributed by atoms with van der Waals surface area (Å²) < 4.78 is 0. The summed E-state index contributed by atoms with van der Waals surface area (Å²) in [5.74, 6) is 0.444. The Morgan fingerprint density at radius 1 is 1.15 bits per heavy atom. The van der Waals surface area contributed by atoms with E-state index < -0.39 is 0 Å². The zero-order chi connectivity index (χ0) is 18.5. The van der Waals surface area contributed by atoms with Crippen LogP contribution in [-0.4, -0.2) is 17.4 Å². The predicted octanol–water partition coefficient (Wildman–Crippen LogP) is 4.35. The van der Waals surface area contributed by atoms with E-state index in [2.05, 4.69) is 36.3 Å². The summed E-state index contributed by atoms with van der Waals surface area (Å²) in [6.07, 6.45) is 0.279. The van der Waals surface area contributed by atoms with E-state index >= 15 is 0 Å². The van der Waals surface area contributed by atoms with Gasteiger partial charge in [0.1, 0.15) is 5.01 Å². The number of aromatic nitrogens is 1. The Morgan fingerprint density at radius 2 is 1.88 bits per heavy atom. The van der Waals surface area contributed by atoms with Crippen molar-refractivity contribution in [1.29, 1.82) is 0 Å². The van der Waals surface area contributed by atoms with Crippen molar-refractivity contribution < 1.29 is 4.79 Å². The van der Waals surface area contributed by atoms with Gasteiger partial charge < -0.3 is 11.1 Å². The van der Waals surface area contributed by atoms with E-state index in [1.807, 2.05) is 35.0 Å². The highest BCUT2D eigenvalue weighted by molar-refractivity contribution is 7.20. The van der Waals surface area contributed by atoms with Crippen LogP contribution in [0.1, 0.15) is 42.6 Å². The SMILES string of the molecule is CC(C)c1ccc(C(N)CNC(=O)Cc2csc(-c3cccs3)n2)cc1. The molecule has 3 rings (SSSR count). The second-order valence-electron chi connectivity index (χ2n) is 6.53. The topological polar surface area (TPSA) is 68.0 Å². The molecule has 0 saturated carbocycles. The number of carbonyl (C=O) groups is 1. The average molecular weight is 386 g/mol. The lowest BCUT2D eigenvalue weighted by atomic mass is 9.99. The first-order valence-electron chi connectivity index (χ1n) is 8.63. The van der Waals surface area contributed by atoms with Gasteiger partial charge in [0.25, 0.3) is 0 Å². The van der Waals surface area contributed by atoms with Crippen LogP contribution in [0, 0.1) is 0 Å². The van der Waals surface area contributed by atoms with E-state index in [9.17, 15) is 4.79 Å². The summed E-state index contributed by atoms with van der Waals surface area (Å²) in [5.41, 5.74) is 9.32. The third kappa shape index (κ3) is 4.78. The van der Waals surface area contributed by atoms with Crippen molar-refractivity contribution in [2.75, 3.05) is 6.54 Å². The van der Waals surface area contributed by atoms with Crippen LogP contribution in [0.5, 0.6) is 0 Å². The zero-order valence-electron chi connectivity index (χ0n) is 14.9. The molecule has 26 heavy (non-hydrogen) atoms. The van der Waals surface area contributed by atoms with Crippen molar-refractivity contribution in [3.63, 3.8) is 0 Å². The van der Waals surface area contributed by atoms with Gasteiger partial charge in [-0.25, -0.2) is 4.98 Å². The van der Waals surface area contributed by atoms with Crippen molar-refractivity contribution in [2.24, 2.45) is 5.73 Å². The van der Waals surface area contributed by atoms with Crippen molar-refractivity contribution in [3.05, 3.63) is 64.0 Å². The van der Waals surface area contributed by atoms with Gasteiger partial charge in [-0.15, -0.1) is 22.7 Å². The van der Waals surface area contributed by atoms with Crippen LogP contribution in [0.15, 0.2) is 47.2 Å². The maximum Gasteiger partial charge on any atom is 0.226 e. The molecule has 2 heterocycles. The van der Waals surface area contributed by atoms with Crippen molar-refractivity contribution >= 4 is 28.6 Å². The Labute approximate surface area is 162 Å². The third-order valence-corrected chi connectivity index (χ3v) is 6.11. The number of nitrogens with zero attached hydrogens (tertiary/aromatic N) is 1. The molecule has 1 amide bonds. The largest absolute Gasteiger partial charge is 0.354 e. The second kappa shape index (κ2) is 8.58. The fraction of sp³-hybridized carbons (Fsp3) is 0.300. The molecule has 136 valence electrons. The molecule has 3 aromatic rings. The summed E-state index contributed by atoms with van der Waals surface area (Å²) in [6.45, 7) is 4.75. The Morgan fingerprint density at radius 3 is 2.54 bits per heavy atom. The number of carbonyl (C=O) groups excluding carboxylic acids is 1. The van der Waals surface area contributed by atoms with E-state index in [0.717, 1.165) is 21.1 Å². The normalized spacial score (nSPS) is 12.3. The molecule has 0 fully saturated rings. The highest BCUT2D eigenvalue weighted by Gasteiger charge is 2.12.